The molecule has 1 heterocycles. The lowest BCUT2D eigenvalue weighted by molar-refractivity contribution is -0.154. The molecule has 7 heteroatoms. The third kappa shape index (κ3) is 17.7. The van der Waals surface area contributed by atoms with E-state index in [1.54, 1.807) is 48.6 Å². The molecule has 1 N–H and O–H groups in total. The molecule has 0 bridgehead atoms. The maximum absolute atomic E-state index is 11.7. The summed E-state index contributed by atoms with van der Waals surface area (Å²) in [6, 6.07) is 16.0. The number of nitrogens with zero attached hydrogens (tertiary/aromatic N) is 1. The Balaban J connectivity index is 0.000000889. The number of esters is 1. The highest BCUT2D eigenvalue weighted by Crippen LogP contribution is 2.34. The number of ether oxygens (including phenoxy) is 1. The Morgan fingerprint density at radius 3 is 2.19 bits per heavy atom. The lowest BCUT2D eigenvalue weighted by Crippen LogP contribution is -2.34. The first-order chi connectivity index (χ1) is 15.2. The first kappa shape index (κ1) is 30.0. The Bertz CT molecular complexity index is 751. The zero-order valence-electron chi connectivity index (χ0n) is 20.4. The van der Waals surface area contributed by atoms with Gasteiger partial charge in [-0.2, -0.15) is 0 Å². The molecule has 0 saturated heterocycles. The number of hydrogen-bond acceptors (Lipinski definition) is 6. The molecule has 178 valence electrons. The highest BCUT2D eigenvalue weighted by atomic mass is 33.1. The second-order valence-electron chi connectivity index (χ2n) is 7.71. The van der Waals surface area contributed by atoms with Crippen molar-refractivity contribution in [1.29, 1.82) is 0 Å². The van der Waals surface area contributed by atoms with Gasteiger partial charge in [0.1, 0.15) is 17.2 Å². The summed E-state index contributed by atoms with van der Waals surface area (Å²) in [4.78, 5) is 27.5. The highest BCUT2D eigenvalue weighted by molar-refractivity contribution is 8.76. The van der Waals surface area contributed by atoms with Gasteiger partial charge < -0.3 is 10.1 Å². The summed E-state index contributed by atoms with van der Waals surface area (Å²) >= 11 is 0. The van der Waals surface area contributed by atoms with Crippen molar-refractivity contribution in [2.24, 2.45) is 0 Å². The van der Waals surface area contributed by atoms with Crippen molar-refractivity contribution in [3.05, 3.63) is 60.3 Å². The van der Waals surface area contributed by atoms with Crippen LogP contribution in [0.25, 0.3) is 0 Å². The second kappa shape index (κ2) is 17.6. The summed E-state index contributed by atoms with van der Waals surface area (Å²) in [5, 5.41) is 3.86. The molecule has 0 aliphatic carbocycles. The molecule has 1 aromatic carbocycles. The van der Waals surface area contributed by atoms with Crippen LogP contribution in [0.1, 0.15) is 59.9 Å². The lowest BCUT2D eigenvalue weighted by atomic mass is 10.2. The van der Waals surface area contributed by atoms with E-state index in [0.29, 0.717) is 11.7 Å². The molecular weight excluding hydrogens is 440 g/mol. The molecule has 0 radical (unpaired) electrons. The Kier molecular flexibility index (Phi) is 16.5. The van der Waals surface area contributed by atoms with Crippen LogP contribution in [0.15, 0.2) is 59.8 Å². The van der Waals surface area contributed by atoms with Gasteiger partial charge in [0.2, 0.25) is 5.91 Å². The number of nitrogens with one attached hydrogen (secondary N) is 1. The molecule has 1 aromatic heterocycles. The van der Waals surface area contributed by atoms with Crippen molar-refractivity contribution in [2.45, 2.75) is 77.2 Å². The van der Waals surface area contributed by atoms with Crippen LogP contribution in [0.2, 0.25) is 0 Å². The summed E-state index contributed by atoms with van der Waals surface area (Å²) in [5.41, 5.74) is 0.790. The van der Waals surface area contributed by atoms with E-state index in [0.717, 1.165) is 11.4 Å². The third-order valence-electron chi connectivity index (χ3n) is 3.50. The normalized spacial score (nSPS) is 11.1. The van der Waals surface area contributed by atoms with E-state index in [-0.39, 0.29) is 12.5 Å². The summed E-state index contributed by atoms with van der Waals surface area (Å²) in [6.07, 6.45) is 2.89. The van der Waals surface area contributed by atoms with Crippen molar-refractivity contribution in [1.82, 2.24) is 10.3 Å². The first-order valence-corrected chi connectivity index (χ1v) is 13.1. The van der Waals surface area contributed by atoms with Crippen LogP contribution < -0.4 is 5.32 Å². The molecule has 0 aliphatic heterocycles. The number of aromatic nitrogens is 1. The fourth-order valence-corrected chi connectivity index (χ4v) is 4.17. The number of carbonyl (C=O) groups is 2. The number of aryl methyl sites for hydroxylation is 1. The van der Waals surface area contributed by atoms with Gasteiger partial charge in [0.15, 0.2) is 0 Å². The van der Waals surface area contributed by atoms with Gasteiger partial charge in [0, 0.05) is 17.9 Å². The zero-order chi connectivity index (χ0) is 24.4. The molecule has 0 aliphatic rings. The van der Waals surface area contributed by atoms with E-state index in [1.165, 1.54) is 5.56 Å². The average molecular weight is 479 g/mol. The van der Waals surface area contributed by atoms with E-state index in [4.69, 9.17) is 4.74 Å². The van der Waals surface area contributed by atoms with Crippen molar-refractivity contribution in [2.75, 3.05) is 6.54 Å². The minimum atomic E-state index is -0.532. The van der Waals surface area contributed by atoms with Gasteiger partial charge >= 0.3 is 5.97 Å². The highest BCUT2D eigenvalue weighted by Gasteiger charge is 2.17. The molecule has 0 spiro atoms. The van der Waals surface area contributed by atoms with E-state index >= 15 is 0 Å². The smallest absolute Gasteiger partial charge is 0.325 e. The molecule has 1 amide bonds. The van der Waals surface area contributed by atoms with Gasteiger partial charge in [0.25, 0.3) is 0 Å². The number of carbonyl (C=O) groups excluding carboxylic acids is 2. The maximum Gasteiger partial charge on any atom is 0.325 e. The Hall–Kier alpha value is -1.99. The van der Waals surface area contributed by atoms with Crippen molar-refractivity contribution in [3.8, 4) is 0 Å². The van der Waals surface area contributed by atoms with Crippen LogP contribution in [0.4, 0.5) is 0 Å². The number of hydrogen-bond donors (Lipinski definition) is 1. The van der Waals surface area contributed by atoms with Gasteiger partial charge in [-0.05, 0) is 57.0 Å². The molecular formula is C25H38N2O3S2. The number of benzene rings is 1. The van der Waals surface area contributed by atoms with E-state index in [1.807, 2.05) is 50.2 Å². The number of pyridine rings is 1. The Morgan fingerprint density at radius 2 is 1.69 bits per heavy atom. The van der Waals surface area contributed by atoms with Gasteiger partial charge in [-0.15, -0.1) is 0 Å². The standard InChI is InChI=1S/C16H24N2O3S2.C7H8.C2H6/c1-12(22-23-14-7-5-6-10-17-14)8-9-13(19)18-11-15(20)21-16(2,3)4;1-7-5-3-2-4-6-7;1-2/h5-7,10,12H,8-9,11H2,1-4H3,(H,18,19);2-6H,1H3;1-2H3. The minimum Gasteiger partial charge on any atom is -0.459 e. The van der Waals surface area contributed by atoms with Gasteiger partial charge in [-0.25, -0.2) is 4.98 Å². The fraction of sp³-hybridized carbons (Fsp3) is 0.480. The van der Waals surface area contributed by atoms with E-state index in [9.17, 15) is 9.59 Å². The van der Waals surface area contributed by atoms with Crippen molar-refractivity contribution < 1.29 is 14.3 Å². The second-order valence-corrected chi connectivity index (χ2v) is 10.4. The SMILES string of the molecule is CC.CC(CCC(=O)NCC(=O)OC(C)(C)C)SSc1ccccn1.Cc1ccccc1. The molecule has 2 aromatic rings. The van der Waals surface area contributed by atoms with Gasteiger partial charge in [-0.1, -0.05) is 73.5 Å². The van der Waals surface area contributed by atoms with E-state index < -0.39 is 11.6 Å². The van der Waals surface area contributed by atoms with Crippen molar-refractivity contribution >= 4 is 33.5 Å². The molecule has 1 atom stereocenters. The fourth-order valence-electron chi connectivity index (χ4n) is 2.08. The monoisotopic (exact) mass is 478 g/mol. The number of amides is 1. The molecule has 0 fully saturated rings. The lowest BCUT2D eigenvalue weighted by Gasteiger charge is -2.19. The summed E-state index contributed by atoms with van der Waals surface area (Å²) in [7, 11) is 3.29. The first-order valence-electron chi connectivity index (χ1n) is 10.9. The minimum absolute atomic E-state index is 0.0830. The topological polar surface area (TPSA) is 68.3 Å². The summed E-state index contributed by atoms with van der Waals surface area (Å²) < 4.78 is 5.13. The average Bonchev–Trinajstić information content (AvgIpc) is 2.77. The predicted octanol–water partition coefficient (Wildman–Crippen LogP) is 6.47. The van der Waals surface area contributed by atoms with Crippen LogP contribution in [-0.4, -0.2) is 34.3 Å². The maximum atomic E-state index is 11.7. The molecule has 5 nitrogen and oxygen atoms in total. The quantitative estimate of drug-likeness (QED) is 0.346. The molecule has 2 rings (SSSR count). The summed E-state index contributed by atoms with van der Waals surface area (Å²) in [6.45, 7) is 13.5. The largest absolute Gasteiger partial charge is 0.459 e. The zero-order valence-corrected chi connectivity index (χ0v) is 22.0. The molecule has 1 unspecified atom stereocenters. The third-order valence-corrected chi connectivity index (χ3v) is 6.36. The van der Waals surface area contributed by atoms with E-state index in [2.05, 4.69) is 36.3 Å². The van der Waals surface area contributed by atoms with Crippen molar-refractivity contribution in [3.63, 3.8) is 0 Å². The van der Waals surface area contributed by atoms with Crippen LogP contribution in [0.5, 0.6) is 0 Å². The van der Waals surface area contributed by atoms with Gasteiger partial charge in [0.05, 0.1) is 0 Å². The Labute approximate surface area is 201 Å². The Morgan fingerprint density at radius 1 is 1.06 bits per heavy atom. The number of rotatable bonds is 8. The molecule has 32 heavy (non-hydrogen) atoms. The van der Waals surface area contributed by atoms with Crippen LogP contribution in [0.3, 0.4) is 0 Å². The van der Waals surface area contributed by atoms with Crippen LogP contribution >= 0.6 is 21.6 Å². The molecule has 0 saturated carbocycles. The van der Waals surface area contributed by atoms with Gasteiger partial charge in [-0.3, -0.25) is 9.59 Å². The van der Waals surface area contributed by atoms with Crippen LogP contribution in [-0.2, 0) is 14.3 Å². The van der Waals surface area contributed by atoms with Crippen LogP contribution in [0, 0.1) is 6.92 Å². The predicted molar refractivity (Wildman–Crippen MR) is 138 cm³/mol. The summed E-state index contributed by atoms with van der Waals surface area (Å²) in [5.74, 6) is -0.551.